The summed E-state index contributed by atoms with van der Waals surface area (Å²) in [7, 11) is 0. The lowest BCUT2D eigenvalue weighted by molar-refractivity contribution is 0.0950. The molecule has 8 nitrogen and oxygen atoms in total. The van der Waals surface area contributed by atoms with Crippen molar-refractivity contribution in [1.82, 2.24) is 35.3 Å². The van der Waals surface area contributed by atoms with Crippen LogP contribution in [0.15, 0.2) is 66.1 Å². The molecule has 1 N–H and O–H groups in total. The molecule has 0 bridgehead atoms. The van der Waals surface area contributed by atoms with Crippen LogP contribution >= 0.6 is 23.1 Å². The lowest BCUT2D eigenvalue weighted by Gasteiger charge is -2.03. The number of hydrogen-bond donors (Lipinski definition) is 1. The third-order valence-electron chi connectivity index (χ3n) is 4.76. The van der Waals surface area contributed by atoms with Crippen molar-refractivity contribution >= 4 is 40.0 Å². The van der Waals surface area contributed by atoms with E-state index in [2.05, 4.69) is 30.6 Å². The molecule has 0 aliphatic heterocycles. The molecule has 5 aromatic rings. The van der Waals surface area contributed by atoms with Gasteiger partial charge in [-0.2, -0.15) is 5.10 Å². The van der Waals surface area contributed by atoms with Gasteiger partial charge in [0.2, 0.25) is 5.01 Å². The fourth-order valence-corrected chi connectivity index (χ4v) is 4.81. The molecule has 3 aromatic heterocycles. The minimum absolute atomic E-state index is 0.245. The molecule has 0 saturated heterocycles. The number of nitrogens with one attached hydrogen (secondary N) is 1. The molecular weight excluding hydrogens is 480 g/mol. The maximum Gasteiger partial charge on any atom is 0.282 e. The topological polar surface area (TPSA) is 98.5 Å². The Hall–Kier alpha value is -3.77. The Bertz CT molecular complexity index is 1450. The Morgan fingerprint density at radius 3 is 2.50 bits per heavy atom. The number of rotatable bonds is 7. The van der Waals surface area contributed by atoms with E-state index in [4.69, 9.17) is 0 Å². The number of aromatic nitrogens is 6. The Labute approximate surface area is 200 Å². The molecule has 1 amide bonds. The van der Waals surface area contributed by atoms with Crippen molar-refractivity contribution in [1.29, 1.82) is 0 Å². The number of benzene rings is 2. The van der Waals surface area contributed by atoms with Crippen LogP contribution in [0.3, 0.4) is 0 Å². The first-order chi connectivity index (χ1) is 16.6. The van der Waals surface area contributed by atoms with Gasteiger partial charge in [0, 0.05) is 6.54 Å². The molecule has 0 radical (unpaired) electrons. The van der Waals surface area contributed by atoms with E-state index in [1.54, 1.807) is 35.1 Å². The highest BCUT2D eigenvalue weighted by Gasteiger charge is 2.15. The third-order valence-corrected chi connectivity index (χ3v) is 6.88. The van der Waals surface area contributed by atoms with E-state index in [1.807, 2.05) is 0 Å². The quantitative estimate of drug-likeness (QED) is 0.267. The van der Waals surface area contributed by atoms with E-state index in [0.29, 0.717) is 27.1 Å². The monoisotopic (exact) mass is 495 g/mol. The highest BCUT2D eigenvalue weighted by Crippen LogP contribution is 2.29. The van der Waals surface area contributed by atoms with E-state index in [0.717, 1.165) is 10.9 Å². The molecule has 2 aromatic carbocycles. The molecule has 0 atom stereocenters. The van der Waals surface area contributed by atoms with Crippen LogP contribution in [-0.4, -0.2) is 35.9 Å². The molecule has 34 heavy (non-hydrogen) atoms. The average molecular weight is 496 g/mol. The Balaban J connectivity index is 1.25. The van der Waals surface area contributed by atoms with Gasteiger partial charge in [-0.1, -0.05) is 35.2 Å². The van der Waals surface area contributed by atoms with Gasteiger partial charge < -0.3 is 5.32 Å². The second-order valence-electron chi connectivity index (χ2n) is 7.05. The minimum Gasteiger partial charge on any atom is -0.346 e. The molecule has 0 aliphatic carbocycles. The lowest BCUT2D eigenvalue weighted by atomic mass is 10.2. The van der Waals surface area contributed by atoms with Crippen molar-refractivity contribution in [2.24, 2.45) is 0 Å². The largest absolute Gasteiger partial charge is 0.346 e. The van der Waals surface area contributed by atoms with E-state index in [1.165, 1.54) is 53.7 Å². The molecule has 0 spiro atoms. The summed E-state index contributed by atoms with van der Waals surface area (Å²) in [5.74, 6) is -0.545. The van der Waals surface area contributed by atoms with Gasteiger partial charge >= 0.3 is 0 Å². The number of nitrogens with zero attached hydrogens (tertiary/aromatic N) is 6. The summed E-state index contributed by atoms with van der Waals surface area (Å²) in [4.78, 5) is 21.0. The SMILES string of the molecule is O=C(NCc1ccc(F)cc1)c1nnc(CSc2ncnc3c2cnn3-c2ccc(F)cc2)s1. The summed E-state index contributed by atoms with van der Waals surface area (Å²) < 4.78 is 27.9. The van der Waals surface area contributed by atoms with Crippen LogP contribution in [0.2, 0.25) is 0 Å². The van der Waals surface area contributed by atoms with Crippen molar-refractivity contribution in [2.45, 2.75) is 17.3 Å². The van der Waals surface area contributed by atoms with Gasteiger partial charge in [0.05, 0.1) is 23.0 Å². The van der Waals surface area contributed by atoms with E-state index < -0.39 is 0 Å². The van der Waals surface area contributed by atoms with Crippen molar-refractivity contribution in [2.75, 3.05) is 0 Å². The van der Waals surface area contributed by atoms with Gasteiger partial charge in [-0.15, -0.1) is 10.2 Å². The first-order valence-corrected chi connectivity index (χ1v) is 11.8. The summed E-state index contributed by atoms with van der Waals surface area (Å²) in [5, 5.41) is 17.5. The summed E-state index contributed by atoms with van der Waals surface area (Å²) in [5.41, 5.74) is 2.07. The number of carbonyl (C=O) groups excluding carboxylic acids is 1. The number of carbonyl (C=O) groups is 1. The first kappa shape index (κ1) is 22.0. The second-order valence-corrected chi connectivity index (χ2v) is 9.07. The molecule has 0 saturated carbocycles. The van der Waals surface area contributed by atoms with Gasteiger partial charge in [-0.3, -0.25) is 4.79 Å². The molecule has 3 heterocycles. The molecule has 12 heteroatoms. The zero-order chi connectivity index (χ0) is 23.5. The first-order valence-electron chi connectivity index (χ1n) is 9.99. The molecule has 170 valence electrons. The second kappa shape index (κ2) is 9.61. The minimum atomic E-state index is -0.344. The Morgan fingerprint density at radius 1 is 1.00 bits per heavy atom. The number of fused-ring (bicyclic) bond motifs is 1. The van der Waals surface area contributed by atoms with Gasteiger partial charge in [-0.25, -0.2) is 23.4 Å². The van der Waals surface area contributed by atoms with Crippen LogP contribution in [-0.2, 0) is 12.3 Å². The van der Waals surface area contributed by atoms with Crippen LogP contribution < -0.4 is 5.32 Å². The van der Waals surface area contributed by atoms with Crippen molar-refractivity contribution < 1.29 is 13.6 Å². The standard InChI is InChI=1S/C22H15F2N7OS2/c23-14-3-1-13(2-4-14)9-25-20(32)22-30-29-18(34-22)11-33-21-17-10-28-31(19(17)26-12-27-21)16-7-5-15(24)6-8-16/h1-8,10,12H,9,11H2,(H,25,32). The smallest absolute Gasteiger partial charge is 0.282 e. The van der Waals surface area contributed by atoms with Crippen LogP contribution in [0.1, 0.15) is 20.4 Å². The van der Waals surface area contributed by atoms with Crippen LogP contribution in [0, 0.1) is 11.6 Å². The molecular formula is C22H15F2N7OS2. The molecule has 0 aliphatic rings. The van der Waals surface area contributed by atoms with Crippen molar-refractivity contribution in [3.8, 4) is 5.69 Å². The van der Waals surface area contributed by atoms with Gasteiger partial charge in [-0.05, 0) is 42.0 Å². The van der Waals surface area contributed by atoms with Crippen LogP contribution in [0.25, 0.3) is 16.7 Å². The van der Waals surface area contributed by atoms with Crippen molar-refractivity contribution in [3.63, 3.8) is 0 Å². The van der Waals surface area contributed by atoms with Gasteiger partial charge in [0.15, 0.2) is 5.65 Å². The predicted molar refractivity (Wildman–Crippen MR) is 124 cm³/mol. The summed E-state index contributed by atoms with van der Waals surface area (Å²) in [6.45, 7) is 0.264. The molecule has 5 rings (SSSR count). The normalized spacial score (nSPS) is 11.1. The Morgan fingerprint density at radius 2 is 1.74 bits per heavy atom. The lowest BCUT2D eigenvalue weighted by Crippen LogP contribution is -2.22. The summed E-state index contributed by atoms with van der Waals surface area (Å²) in [6.07, 6.45) is 3.11. The highest BCUT2D eigenvalue weighted by molar-refractivity contribution is 7.98. The number of thioether (sulfide) groups is 1. The van der Waals surface area contributed by atoms with Crippen molar-refractivity contribution in [3.05, 3.63) is 88.3 Å². The fraction of sp³-hybridized carbons (Fsp3) is 0.0909. The number of amides is 1. The maximum absolute atomic E-state index is 13.2. The third kappa shape index (κ3) is 4.77. The fourth-order valence-electron chi connectivity index (χ4n) is 3.10. The van der Waals surface area contributed by atoms with Gasteiger partial charge in [0.1, 0.15) is 28.0 Å². The average Bonchev–Trinajstić information content (AvgIpc) is 3.50. The zero-order valence-corrected chi connectivity index (χ0v) is 19.0. The molecule has 0 fully saturated rings. The van der Waals surface area contributed by atoms with Gasteiger partial charge in [0.25, 0.3) is 5.91 Å². The summed E-state index contributed by atoms with van der Waals surface area (Å²) in [6, 6.07) is 11.9. The van der Waals surface area contributed by atoms with E-state index in [9.17, 15) is 13.6 Å². The number of halogens is 2. The van der Waals surface area contributed by atoms with Crippen LogP contribution in [0.5, 0.6) is 0 Å². The van der Waals surface area contributed by atoms with Crippen LogP contribution in [0.4, 0.5) is 8.78 Å². The Kier molecular flexibility index (Phi) is 6.23. The van der Waals surface area contributed by atoms with E-state index in [-0.39, 0.29) is 29.1 Å². The maximum atomic E-state index is 13.2. The zero-order valence-electron chi connectivity index (χ0n) is 17.4. The number of hydrogen-bond acceptors (Lipinski definition) is 8. The highest BCUT2D eigenvalue weighted by atomic mass is 32.2. The predicted octanol–water partition coefficient (Wildman–Crippen LogP) is 4.17. The summed E-state index contributed by atoms with van der Waals surface area (Å²) >= 11 is 2.62. The molecule has 0 unspecified atom stereocenters. The van der Waals surface area contributed by atoms with E-state index >= 15 is 0 Å².